The van der Waals surface area contributed by atoms with Crippen LogP contribution in [0.5, 0.6) is 0 Å². The summed E-state index contributed by atoms with van der Waals surface area (Å²) in [5.74, 6) is 0. The van der Waals surface area contributed by atoms with Gasteiger partial charge in [0.05, 0.1) is 11.4 Å². The fourth-order valence-corrected chi connectivity index (χ4v) is 3.70. The lowest BCUT2D eigenvalue weighted by molar-refractivity contribution is 1.33. The molecule has 0 unspecified atom stereocenters. The molecule has 3 aromatic carbocycles. The Kier molecular flexibility index (Phi) is 3.46. The molecule has 0 fully saturated rings. The summed E-state index contributed by atoms with van der Waals surface area (Å²) >= 11 is 0. The number of rotatable bonds is 2. The van der Waals surface area contributed by atoms with Crippen LogP contribution in [0.15, 0.2) is 97.3 Å². The van der Waals surface area contributed by atoms with Gasteiger partial charge in [0.1, 0.15) is 0 Å². The van der Waals surface area contributed by atoms with E-state index in [1.807, 2.05) is 36.7 Å². The van der Waals surface area contributed by atoms with E-state index in [4.69, 9.17) is 0 Å². The molecule has 122 valence electrons. The molecule has 0 aliphatic rings. The highest BCUT2D eigenvalue weighted by molar-refractivity contribution is 6.20. The third-order valence-corrected chi connectivity index (χ3v) is 4.77. The van der Waals surface area contributed by atoms with Crippen molar-refractivity contribution in [1.29, 1.82) is 0 Å². The zero-order valence-electron chi connectivity index (χ0n) is 14.1. The van der Waals surface area contributed by atoms with Crippen molar-refractivity contribution in [2.45, 2.75) is 0 Å². The van der Waals surface area contributed by atoms with Crippen molar-refractivity contribution in [2.75, 3.05) is 0 Å². The molecule has 0 saturated carbocycles. The van der Waals surface area contributed by atoms with Crippen LogP contribution in [0.2, 0.25) is 0 Å². The molecule has 0 radical (unpaired) electrons. The molecule has 0 saturated heterocycles. The summed E-state index contributed by atoms with van der Waals surface area (Å²) in [6.45, 7) is 0. The lowest BCUT2D eigenvalue weighted by atomic mass is 9.89. The van der Waals surface area contributed by atoms with Gasteiger partial charge in [-0.3, -0.25) is 9.97 Å². The third kappa shape index (κ3) is 2.27. The number of nitrogens with zero attached hydrogens (tertiary/aromatic N) is 2. The highest BCUT2D eigenvalue weighted by Crippen LogP contribution is 2.42. The third-order valence-electron chi connectivity index (χ3n) is 4.77. The number of benzene rings is 3. The van der Waals surface area contributed by atoms with Gasteiger partial charge in [0.2, 0.25) is 0 Å². The van der Waals surface area contributed by atoms with Crippen LogP contribution in [0.1, 0.15) is 0 Å². The van der Waals surface area contributed by atoms with Gasteiger partial charge < -0.3 is 0 Å². The fraction of sp³-hybridized carbons (Fsp3) is 0. The van der Waals surface area contributed by atoms with E-state index in [1.54, 1.807) is 0 Å². The first kappa shape index (κ1) is 14.8. The van der Waals surface area contributed by atoms with Crippen LogP contribution < -0.4 is 0 Å². The van der Waals surface area contributed by atoms with Crippen LogP contribution in [0, 0.1) is 0 Å². The van der Waals surface area contributed by atoms with Crippen molar-refractivity contribution >= 4 is 21.5 Å². The normalized spacial score (nSPS) is 11.1. The zero-order valence-corrected chi connectivity index (χ0v) is 14.1. The Morgan fingerprint density at radius 3 is 1.04 bits per heavy atom. The van der Waals surface area contributed by atoms with E-state index in [-0.39, 0.29) is 0 Å². The largest absolute Gasteiger partial charge is 0.256 e. The Bertz CT molecular complexity index is 1060. The molecule has 0 aliphatic heterocycles. The van der Waals surface area contributed by atoms with Gasteiger partial charge in [0.25, 0.3) is 0 Å². The maximum atomic E-state index is 4.64. The zero-order chi connectivity index (χ0) is 17.3. The molecular weight excluding hydrogens is 316 g/mol. The van der Waals surface area contributed by atoms with Crippen molar-refractivity contribution < 1.29 is 0 Å². The molecule has 5 rings (SSSR count). The van der Waals surface area contributed by atoms with Crippen molar-refractivity contribution in [3.8, 4) is 22.5 Å². The molecule has 2 aromatic heterocycles. The van der Waals surface area contributed by atoms with Gasteiger partial charge in [-0.05, 0) is 45.8 Å². The van der Waals surface area contributed by atoms with Gasteiger partial charge >= 0.3 is 0 Å². The lowest BCUT2D eigenvalue weighted by Crippen LogP contribution is -1.92. The van der Waals surface area contributed by atoms with E-state index in [2.05, 4.69) is 70.6 Å². The molecule has 26 heavy (non-hydrogen) atoms. The van der Waals surface area contributed by atoms with Crippen molar-refractivity contribution in [1.82, 2.24) is 9.97 Å². The van der Waals surface area contributed by atoms with E-state index < -0.39 is 0 Å². The lowest BCUT2D eigenvalue weighted by Gasteiger charge is -2.16. The molecular formula is C24H16N2. The van der Waals surface area contributed by atoms with Crippen molar-refractivity contribution in [2.24, 2.45) is 0 Å². The summed E-state index contributed by atoms with van der Waals surface area (Å²) in [4.78, 5) is 9.27. The van der Waals surface area contributed by atoms with Gasteiger partial charge in [-0.2, -0.15) is 0 Å². The van der Waals surface area contributed by atoms with Gasteiger partial charge in [0, 0.05) is 23.5 Å². The second-order valence-corrected chi connectivity index (χ2v) is 6.27. The van der Waals surface area contributed by atoms with E-state index >= 15 is 0 Å². The summed E-state index contributed by atoms with van der Waals surface area (Å²) in [7, 11) is 0. The highest BCUT2D eigenvalue weighted by Gasteiger charge is 2.16. The number of aromatic nitrogens is 2. The Hall–Kier alpha value is -3.52. The summed E-state index contributed by atoms with van der Waals surface area (Å²) in [5, 5.41) is 4.80. The number of hydrogen-bond acceptors (Lipinski definition) is 2. The maximum absolute atomic E-state index is 4.64. The molecule has 2 nitrogen and oxygen atoms in total. The topological polar surface area (TPSA) is 25.8 Å². The van der Waals surface area contributed by atoms with Crippen LogP contribution in [0.4, 0.5) is 0 Å². The first-order valence-corrected chi connectivity index (χ1v) is 8.70. The van der Waals surface area contributed by atoms with Crippen molar-refractivity contribution in [3.05, 3.63) is 97.3 Å². The monoisotopic (exact) mass is 332 g/mol. The van der Waals surface area contributed by atoms with Gasteiger partial charge in [-0.15, -0.1) is 0 Å². The Labute approximate surface area is 151 Å². The quantitative estimate of drug-likeness (QED) is 0.364. The molecule has 0 amide bonds. The van der Waals surface area contributed by atoms with E-state index in [1.165, 1.54) is 32.7 Å². The predicted molar refractivity (Wildman–Crippen MR) is 108 cm³/mol. The second kappa shape index (κ2) is 6.08. The Morgan fingerprint density at radius 2 is 0.731 bits per heavy atom. The smallest absolute Gasteiger partial charge is 0.0714 e. The number of pyridine rings is 2. The molecule has 0 aliphatic carbocycles. The van der Waals surface area contributed by atoms with Gasteiger partial charge in [-0.1, -0.05) is 60.7 Å². The minimum absolute atomic E-state index is 0.993. The predicted octanol–water partition coefficient (Wildman–Crippen LogP) is 6.12. The van der Waals surface area contributed by atoms with Gasteiger partial charge in [-0.25, -0.2) is 0 Å². The summed E-state index contributed by atoms with van der Waals surface area (Å²) in [6, 6.07) is 29.2. The summed E-state index contributed by atoms with van der Waals surface area (Å²) < 4.78 is 0. The standard InChI is InChI=1S/C24H16N2/c1-2-10-18-17(9-1)23(21-13-5-7-15-25-21)19-11-3-4-12-20(19)24(18)22-14-6-8-16-26-22/h1-16H. The minimum Gasteiger partial charge on any atom is -0.256 e. The van der Waals surface area contributed by atoms with Gasteiger partial charge in [0.15, 0.2) is 0 Å². The first-order valence-electron chi connectivity index (χ1n) is 8.70. The van der Waals surface area contributed by atoms with Crippen LogP contribution in [0.25, 0.3) is 44.1 Å². The SMILES string of the molecule is c1ccc(-c2c3ccccc3c(-c3ccccn3)c3ccccc23)nc1. The molecule has 0 atom stereocenters. The molecule has 2 heterocycles. The first-order chi connectivity index (χ1) is 12.9. The molecule has 0 spiro atoms. The maximum Gasteiger partial charge on any atom is 0.0714 e. The van der Waals surface area contributed by atoms with E-state index in [0.717, 1.165) is 11.4 Å². The van der Waals surface area contributed by atoms with E-state index in [0.29, 0.717) is 0 Å². The summed E-state index contributed by atoms with van der Waals surface area (Å²) in [6.07, 6.45) is 3.71. The average molecular weight is 332 g/mol. The van der Waals surface area contributed by atoms with Crippen LogP contribution >= 0.6 is 0 Å². The molecule has 5 aromatic rings. The highest BCUT2D eigenvalue weighted by atomic mass is 14.7. The molecule has 0 bridgehead atoms. The molecule has 2 heteroatoms. The fourth-order valence-electron chi connectivity index (χ4n) is 3.70. The number of fused-ring (bicyclic) bond motifs is 2. The van der Waals surface area contributed by atoms with Crippen LogP contribution in [-0.2, 0) is 0 Å². The minimum atomic E-state index is 0.993. The Balaban J connectivity index is 2.02. The Morgan fingerprint density at radius 1 is 0.385 bits per heavy atom. The molecule has 0 N–H and O–H groups in total. The van der Waals surface area contributed by atoms with Crippen molar-refractivity contribution in [3.63, 3.8) is 0 Å². The van der Waals surface area contributed by atoms with E-state index in [9.17, 15) is 0 Å². The van der Waals surface area contributed by atoms with Crippen LogP contribution in [-0.4, -0.2) is 9.97 Å². The van der Waals surface area contributed by atoms with Crippen LogP contribution in [0.3, 0.4) is 0 Å². The summed E-state index contributed by atoms with van der Waals surface area (Å²) in [5.41, 5.74) is 4.34. The second-order valence-electron chi connectivity index (χ2n) is 6.27. The average Bonchev–Trinajstić information content (AvgIpc) is 2.73. The number of hydrogen-bond donors (Lipinski definition) is 0.